The maximum absolute atomic E-state index is 9.50. The molecule has 0 saturated heterocycles. The van der Waals surface area contributed by atoms with Gasteiger partial charge in [-0.1, -0.05) is 36.6 Å². The molecule has 2 nitrogen and oxygen atoms in total. The van der Waals surface area contributed by atoms with Crippen molar-refractivity contribution in [2.75, 3.05) is 6.61 Å². The Bertz CT molecular complexity index is 416. The van der Waals surface area contributed by atoms with Gasteiger partial charge in [-0.05, 0) is 50.7 Å². The van der Waals surface area contributed by atoms with Gasteiger partial charge in [-0.3, -0.25) is 0 Å². The van der Waals surface area contributed by atoms with Crippen LogP contribution in [0.3, 0.4) is 0 Å². The van der Waals surface area contributed by atoms with Crippen LogP contribution in [0.15, 0.2) is 18.2 Å². The van der Waals surface area contributed by atoms with Crippen LogP contribution in [0.5, 0.6) is 0 Å². The molecule has 1 aliphatic rings. The van der Waals surface area contributed by atoms with Crippen molar-refractivity contribution >= 4 is 0 Å². The van der Waals surface area contributed by atoms with Crippen LogP contribution in [0.2, 0.25) is 0 Å². The van der Waals surface area contributed by atoms with Crippen LogP contribution < -0.4 is 5.32 Å². The highest BCUT2D eigenvalue weighted by Gasteiger charge is 2.26. The van der Waals surface area contributed by atoms with Crippen LogP contribution in [-0.4, -0.2) is 17.8 Å². The molecular weight excluding hydrogens is 234 g/mol. The van der Waals surface area contributed by atoms with Crippen LogP contribution in [0.4, 0.5) is 0 Å². The van der Waals surface area contributed by atoms with Gasteiger partial charge in [0.1, 0.15) is 0 Å². The predicted molar refractivity (Wildman–Crippen MR) is 80.3 cm³/mol. The minimum atomic E-state index is 0.317. The first-order valence-corrected chi connectivity index (χ1v) is 7.56. The fourth-order valence-electron chi connectivity index (χ4n) is 3.28. The van der Waals surface area contributed by atoms with Crippen molar-refractivity contribution < 1.29 is 5.11 Å². The maximum Gasteiger partial charge on any atom is 0.0474 e. The molecule has 1 fully saturated rings. The first-order valence-electron chi connectivity index (χ1n) is 7.56. The first-order chi connectivity index (χ1) is 9.11. The average molecular weight is 261 g/mol. The molecule has 1 saturated carbocycles. The van der Waals surface area contributed by atoms with Gasteiger partial charge in [-0.15, -0.1) is 0 Å². The summed E-state index contributed by atoms with van der Waals surface area (Å²) in [6, 6.07) is 7.48. The van der Waals surface area contributed by atoms with Gasteiger partial charge < -0.3 is 10.4 Å². The van der Waals surface area contributed by atoms with E-state index >= 15 is 0 Å². The first kappa shape index (κ1) is 14.5. The lowest BCUT2D eigenvalue weighted by Gasteiger charge is -2.34. The molecule has 106 valence electrons. The molecular formula is C17H27NO. The Balaban J connectivity index is 2.07. The van der Waals surface area contributed by atoms with Crippen molar-refractivity contribution in [3.05, 3.63) is 34.9 Å². The van der Waals surface area contributed by atoms with Gasteiger partial charge in [-0.25, -0.2) is 0 Å². The third-order valence-electron chi connectivity index (χ3n) is 4.51. The smallest absolute Gasteiger partial charge is 0.0474 e. The Morgan fingerprint density at radius 2 is 2.00 bits per heavy atom. The second kappa shape index (κ2) is 6.53. The van der Waals surface area contributed by atoms with E-state index in [1.54, 1.807) is 0 Å². The highest BCUT2D eigenvalue weighted by atomic mass is 16.3. The number of benzene rings is 1. The van der Waals surface area contributed by atoms with Crippen molar-refractivity contribution in [3.63, 3.8) is 0 Å². The normalized spacial score (nSPS) is 25.3. The Morgan fingerprint density at radius 1 is 1.26 bits per heavy atom. The molecule has 3 unspecified atom stereocenters. The predicted octanol–water partition coefficient (Wildman–Crippen LogP) is 3.51. The maximum atomic E-state index is 9.50. The van der Waals surface area contributed by atoms with E-state index in [0.717, 1.165) is 6.42 Å². The Labute approximate surface area is 117 Å². The zero-order valence-corrected chi connectivity index (χ0v) is 12.4. The lowest BCUT2D eigenvalue weighted by atomic mass is 9.84. The monoisotopic (exact) mass is 261 g/mol. The molecule has 0 aliphatic heterocycles. The summed E-state index contributed by atoms with van der Waals surface area (Å²) < 4.78 is 0. The average Bonchev–Trinajstić information content (AvgIpc) is 2.42. The topological polar surface area (TPSA) is 32.3 Å². The SMILES string of the molecule is Cc1ccc(C)c(C(C)NC2CCCCC2CO)c1. The largest absolute Gasteiger partial charge is 0.396 e. The number of hydrogen-bond acceptors (Lipinski definition) is 2. The second-order valence-electron chi connectivity index (χ2n) is 6.08. The molecule has 2 N–H and O–H groups in total. The van der Waals surface area contributed by atoms with Gasteiger partial charge in [0.05, 0.1) is 0 Å². The zero-order valence-electron chi connectivity index (χ0n) is 12.4. The second-order valence-corrected chi connectivity index (χ2v) is 6.08. The van der Waals surface area contributed by atoms with Crippen LogP contribution in [0.1, 0.15) is 55.3 Å². The Hall–Kier alpha value is -0.860. The van der Waals surface area contributed by atoms with Crippen LogP contribution >= 0.6 is 0 Å². The third kappa shape index (κ3) is 3.58. The van der Waals surface area contributed by atoms with Crippen molar-refractivity contribution in [2.45, 2.75) is 58.5 Å². The minimum Gasteiger partial charge on any atom is -0.396 e. The molecule has 2 rings (SSSR count). The molecule has 1 aliphatic carbocycles. The van der Waals surface area contributed by atoms with E-state index in [-0.39, 0.29) is 0 Å². The van der Waals surface area contributed by atoms with E-state index < -0.39 is 0 Å². The van der Waals surface area contributed by atoms with E-state index in [4.69, 9.17) is 0 Å². The molecule has 0 heterocycles. The summed E-state index contributed by atoms with van der Waals surface area (Å²) in [5.41, 5.74) is 4.06. The molecule has 0 bridgehead atoms. The summed E-state index contributed by atoms with van der Waals surface area (Å²) in [4.78, 5) is 0. The highest BCUT2D eigenvalue weighted by Crippen LogP contribution is 2.27. The number of nitrogens with one attached hydrogen (secondary N) is 1. The van der Waals surface area contributed by atoms with Crippen LogP contribution in [0.25, 0.3) is 0 Å². The van der Waals surface area contributed by atoms with Crippen molar-refractivity contribution in [1.82, 2.24) is 5.32 Å². The summed E-state index contributed by atoms with van der Waals surface area (Å²) >= 11 is 0. The van der Waals surface area contributed by atoms with E-state index in [2.05, 4.69) is 44.3 Å². The number of hydrogen-bond donors (Lipinski definition) is 2. The molecule has 3 atom stereocenters. The van der Waals surface area contributed by atoms with E-state index in [0.29, 0.717) is 24.6 Å². The molecule has 2 heteroatoms. The lowest BCUT2D eigenvalue weighted by molar-refractivity contribution is 0.147. The van der Waals surface area contributed by atoms with Crippen LogP contribution in [-0.2, 0) is 0 Å². The molecule has 19 heavy (non-hydrogen) atoms. The van der Waals surface area contributed by atoms with E-state index in [1.165, 1.54) is 36.0 Å². The van der Waals surface area contributed by atoms with Gasteiger partial charge >= 0.3 is 0 Å². The van der Waals surface area contributed by atoms with Gasteiger partial charge in [0.2, 0.25) is 0 Å². The highest BCUT2D eigenvalue weighted by molar-refractivity contribution is 5.32. The van der Waals surface area contributed by atoms with Gasteiger partial charge in [0.15, 0.2) is 0 Å². The summed E-state index contributed by atoms with van der Waals surface area (Å²) in [6.45, 7) is 6.88. The van der Waals surface area contributed by atoms with Crippen molar-refractivity contribution in [3.8, 4) is 0 Å². The van der Waals surface area contributed by atoms with Crippen molar-refractivity contribution in [1.29, 1.82) is 0 Å². The zero-order chi connectivity index (χ0) is 13.8. The Kier molecular flexibility index (Phi) is 5.00. The van der Waals surface area contributed by atoms with Gasteiger partial charge in [0, 0.05) is 18.7 Å². The number of aliphatic hydroxyl groups excluding tert-OH is 1. The number of rotatable bonds is 4. The molecule has 1 aromatic rings. The molecule has 0 spiro atoms. The van der Waals surface area contributed by atoms with Crippen LogP contribution in [0, 0.1) is 19.8 Å². The van der Waals surface area contributed by atoms with E-state index in [9.17, 15) is 5.11 Å². The molecule has 0 amide bonds. The third-order valence-corrected chi connectivity index (χ3v) is 4.51. The van der Waals surface area contributed by atoms with Gasteiger partial charge in [-0.2, -0.15) is 0 Å². The Morgan fingerprint density at radius 3 is 2.74 bits per heavy atom. The summed E-state index contributed by atoms with van der Waals surface area (Å²) in [5, 5.41) is 13.2. The number of aryl methyl sites for hydroxylation is 2. The van der Waals surface area contributed by atoms with Gasteiger partial charge in [0.25, 0.3) is 0 Å². The number of aliphatic hydroxyl groups is 1. The summed E-state index contributed by atoms with van der Waals surface area (Å²) in [6.07, 6.45) is 4.91. The quantitative estimate of drug-likeness (QED) is 0.869. The summed E-state index contributed by atoms with van der Waals surface area (Å²) in [5.74, 6) is 0.432. The van der Waals surface area contributed by atoms with E-state index in [1.807, 2.05) is 0 Å². The fourth-order valence-corrected chi connectivity index (χ4v) is 3.28. The standard InChI is InChI=1S/C17H27NO/c1-12-8-9-13(2)16(10-12)14(3)18-17-7-5-4-6-15(17)11-19/h8-10,14-15,17-19H,4-7,11H2,1-3H3. The fraction of sp³-hybridized carbons (Fsp3) is 0.647. The molecule has 0 radical (unpaired) electrons. The van der Waals surface area contributed by atoms with Crippen molar-refractivity contribution in [2.24, 2.45) is 5.92 Å². The lowest BCUT2D eigenvalue weighted by Crippen LogP contribution is -2.41. The summed E-state index contributed by atoms with van der Waals surface area (Å²) in [7, 11) is 0. The molecule has 0 aromatic heterocycles. The minimum absolute atomic E-state index is 0.317. The molecule has 1 aromatic carbocycles.